The van der Waals surface area contributed by atoms with Crippen molar-refractivity contribution in [2.24, 2.45) is 0 Å². The molecule has 418 valence electrons. The number of rotatable bonds is 8. The third-order valence-corrected chi connectivity index (χ3v) is 22.3. The summed E-state index contributed by atoms with van der Waals surface area (Å²) in [7, 11) is 0. The second-order valence-electron chi connectivity index (χ2n) is 23.9. The van der Waals surface area contributed by atoms with Gasteiger partial charge in [-0.05, 0) is 0 Å². The minimum atomic E-state index is -0.993. The second-order valence-corrected chi connectivity index (χ2v) is 27.0. The van der Waals surface area contributed by atoms with E-state index in [1.807, 2.05) is 0 Å². The van der Waals surface area contributed by atoms with Crippen molar-refractivity contribution in [1.82, 2.24) is 13.7 Å². The van der Waals surface area contributed by atoms with Crippen molar-refractivity contribution in [2.45, 2.75) is 0 Å². The van der Waals surface area contributed by atoms with Crippen LogP contribution in [0.3, 0.4) is 0 Å². The topological polar surface area (TPSA) is 18.0 Å². The van der Waals surface area contributed by atoms with Crippen LogP contribution in [0, 0.1) is 0 Å². The van der Waals surface area contributed by atoms with Gasteiger partial charge < -0.3 is 0 Å². The van der Waals surface area contributed by atoms with E-state index in [1.54, 1.807) is 0 Å². The minimum absolute atomic E-state index is 0.0405. The maximum atomic E-state index is 2.68. The molecule has 2 aliphatic rings. The summed E-state index contributed by atoms with van der Waals surface area (Å²) < 4.78 is 10.5. The molecule has 0 bridgehead atoms. The molecule has 0 fully saturated rings. The summed E-state index contributed by atoms with van der Waals surface area (Å²) in [4.78, 5) is 2.68. The first-order chi connectivity index (χ1) is 44.7. The van der Waals surface area contributed by atoms with Crippen LogP contribution >= 0.6 is 0 Å². The molecule has 17 aromatic rings. The van der Waals surface area contributed by atoms with Gasteiger partial charge in [0.1, 0.15) is 0 Å². The van der Waals surface area contributed by atoms with Gasteiger partial charge in [0.05, 0.1) is 0 Å². The van der Waals surface area contributed by atoms with Crippen LogP contribution < -0.4 is 28.5 Å². The molecule has 0 spiro atoms. The van der Waals surface area contributed by atoms with Gasteiger partial charge >= 0.3 is 511 Å². The zero-order chi connectivity index (χ0) is 59.0. The maximum absolute atomic E-state index is 2.68. The van der Waals surface area contributed by atoms with Gasteiger partial charge in [-0.15, -0.1) is 0 Å². The molecule has 0 unspecified atom stereocenters. The van der Waals surface area contributed by atoms with E-state index in [2.05, 4.69) is 340 Å². The molecule has 90 heavy (non-hydrogen) atoms. The predicted molar refractivity (Wildman–Crippen MR) is 382 cm³/mol. The Hall–Kier alpha value is -10.9. The molecular formula is C84H53BN4Te. The van der Waals surface area contributed by atoms with Crippen LogP contribution in [0.4, 0.5) is 17.1 Å². The van der Waals surface area contributed by atoms with Gasteiger partial charge in [0.2, 0.25) is 0 Å². The number of anilines is 3. The number of benzene rings is 14. The Kier molecular flexibility index (Phi) is 11.6. The van der Waals surface area contributed by atoms with Gasteiger partial charge in [0, 0.05) is 0 Å². The number of fused-ring (bicyclic) bond motifs is 13. The molecule has 19 rings (SSSR count). The molecule has 14 aromatic carbocycles. The average Bonchev–Trinajstić information content (AvgIpc) is 0.996. The molecule has 0 atom stereocenters. The fraction of sp³-hybridized carbons (Fsp3) is 0. The monoisotopic (exact) mass is 1260 g/mol. The van der Waals surface area contributed by atoms with Crippen LogP contribution in [0.2, 0.25) is 0 Å². The van der Waals surface area contributed by atoms with Crippen molar-refractivity contribution in [3.8, 4) is 61.6 Å². The molecule has 0 saturated carbocycles. The summed E-state index contributed by atoms with van der Waals surface area (Å²) in [6, 6.07) is 121. The molecule has 0 aliphatic carbocycles. The van der Waals surface area contributed by atoms with E-state index in [4.69, 9.17) is 0 Å². The zero-order valence-corrected chi connectivity index (χ0v) is 51.2. The summed E-state index contributed by atoms with van der Waals surface area (Å²) in [5.74, 6) is 0. The molecular weight excluding hydrogens is 1200 g/mol. The standard InChI is InChI=1S/C84H53BN4Te/c1-5-22-54(23-6-1)58-40-44-79-71(48-58)85-72-49-59(55-24-7-2-8-25-55)41-47-81(72)90-82-53-62(52-80(83(82)85)89(79)84-63(56-26-9-3-10-27-56)34-21-35-64(84)57-28-11-4-12-29-57)88-77-45-42-60(86-73-36-17-13-30-65(73)66-31-14-18-37-74(66)86)50-69(77)70-51-61(43-46-78(70)88)87-75-38-19-15-32-67(75)68-33-16-20-39-76(68)87/h1-53H. The Morgan fingerprint density at radius 2 is 0.656 bits per heavy atom. The zero-order valence-electron chi connectivity index (χ0n) is 48.9. The molecule has 0 N–H and O–H groups in total. The third kappa shape index (κ3) is 7.82. The SMILES string of the molecule is c1ccc(-c2ccc3c(c2)B2c4cc(-c5ccccc5)ccc4N(c4c(-c5ccccc5)cccc4-c4ccccc4)c4cc(-n5c6ccc(-n7c8ccccc8c8ccccc87)cc6c6cc(-n7c8ccccc8c8ccccc87)ccc65)cc(c42)[Te]3)cc1. The fourth-order valence-corrected chi connectivity index (χ4v) is 18.5. The number of hydrogen-bond donors (Lipinski definition) is 0. The molecule has 2 aliphatic heterocycles. The summed E-state index contributed by atoms with van der Waals surface area (Å²) in [5.41, 5.74) is 27.8. The van der Waals surface area contributed by atoms with Crippen molar-refractivity contribution in [1.29, 1.82) is 0 Å². The fourth-order valence-electron chi connectivity index (χ4n) is 15.2. The van der Waals surface area contributed by atoms with Gasteiger partial charge in [0.15, 0.2) is 0 Å². The van der Waals surface area contributed by atoms with Crippen molar-refractivity contribution < 1.29 is 0 Å². The Morgan fingerprint density at radius 1 is 0.244 bits per heavy atom. The van der Waals surface area contributed by atoms with Crippen LogP contribution in [0.15, 0.2) is 322 Å². The molecule has 3 aromatic heterocycles. The normalized spacial score (nSPS) is 12.6. The summed E-state index contributed by atoms with van der Waals surface area (Å²) in [6.07, 6.45) is 0. The number of nitrogens with zero attached hydrogens (tertiary/aromatic N) is 4. The van der Waals surface area contributed by atoms with Crippen LogP contribution in [0.5, 0.6) is 0 Å². The quantitative estimate of drug-likeness (QED) is 0.139. The first kappa shape index (κ1) is 51.2. The van der Waals surface area contributed by atoms with Crippen molar-refractivity contribution in [3.05, 3.63) is 322 Å². The Morgan fingerprint density at radius 3 is 1.14 bits per heavy atom. The van der Waals surface area contributed by atoms with E-state index in [1.165, 1.54) is 140 Å². The van der Waals surface area contributed by atoms with Crippen LogP contribution in [0.1, 0.15) is 0 Å². The van der Waals surface area contributed by atoms with Crippen LogP contribution in [0.25, 0.3) is 127 Å². The Labute approximate surface area is 531 Å². The molecule has 0 saturated heterocycles. The summed E-state index contributed by atoms with van der Waals surface area (Å²) >= 11 is -0.993. The van der Waals surface area contributed by atoms with Gasteiger partial charge in [-0.1, -0.05) is 24.3 Å². The molecule has 0 amide bonds. The molecule has 6 heteroatoms. The first-order valence-corrected chi connectivity index (χ1v) is 33.3. The van der Waals surface area contributed by atoms with E-state index < -0.39 is 20.9 Å². The van der Waals surface area contributed by atoms with E-state index in [0.717, 1.165) is 28.1 Å². The van der Waals surface area contributed by atoms with Crippen molar-refractivity contribution >= 4 is 134 Å². The number of hydrogen-bond acceptors (Lipinski definition) is 1. The Bertz CT molecular complexity index is 5430. The van der Waals surface area contributed by atoms with Gasteiger partial charge in [-0.25, -0.2) is 0 Å². The van der Waals surface area contributed by atoms with E-state index in [-0.39, 0.29) is 6.71 Å². The number of aromatic nitrogens is 3. The van der Waals surface area contributed by atoms with E-state index >= 15 is 0 Å². The van der Waals surface area contributed by atoms with Crippen LogP contribution in [-0.4, -0.2) is 41.3 Å². The Balaban J connectivity index is 0.925. The third-order valence-electron chi connectivity index (χ3n) is 19.1. The van der Waals surface area contributed by atoms with Crippen molar-refractivity contribution in [3.63, 3.8) is 0 Å². The average molecular weight is 1260 g/mol. The molecule has 0 radical (unpaired) electrons. The van der Waals surface area contributed by atoms with Crippen LogP contribution in [-0.2, 0) is 0 Å². The molecule has 4 nitrogen and oxygen atoms in total. The van der Waals surface area contributed by atoms with E-state index in [0.29, 0.717) is 0 Å². The first-order valence-electron chi connectivity index (χ1n) is 31.0. The summed E-state index contributed by atoms with van der Waals surface area (Å²) in [5, 5.41) is 7.39. The van der Waals surface area contributed by atoms with Gasteiger partial charge in [-0.3, -0.25) is 0 Å². The van der Waals surface area contributed by atoms with E-state index in [9.17, 15) is 0 Å². The van der Waals surface area contributed by atoms with Gasteiger partial charge in [-0.2, -0.15) is 0 Å². The molecule has 5 heterocycles. The summed E-state index contributed by atoms with van der Waals surface area (Å²) in [6.45, 7) is -0.0405. The second kappa shape index (κ2) is 20.4. The van der Waals surface area contributed by atoms with Gasteiger partial charge in [0.25, 0.3) is 0 Å². The predicted octanol–water partition coefficient (Wildman–Crippen LogP) is 17.9. The number of para-hydroxylation sites is 5. The van der Waals surface area contributed by atoms with Crippen molar-refractivity contribution in [2.75, 3.05) is 4.90 Å².